The zero-order chi connectivity index (χ0) is 6.24. The summed E-state index contributed by atoms with van der Waals surface area (Å²) in [6.07, 6.45) is 0.977. The van der Waals surface area contributed by atoms with Gasteiger partial charge in [0.05, 0.1) is 0 Å². The molecule has 0 bridgehead atoms. The van der Waals surface area contributed by atoms with Crippen molar-refractivity contribution >= 4 is 17.7 Å². The van der Waals surface area contributed by atoms with E-state index < -0.39 is 0 Å². The Balaban J connectivity index is 2.79. The molecular weight excluding hydrogens is 93.0 g/mol. The SMILES string of the molecule is [Li][C]#CCCNCC. The molecule has 0 fully saturated rings. The molecule has 0 aromatic carbocycles. The Kier molecular flexibility index (Phi) is 7.22. The van der Waals surface area contributed by atoms with Gasteiger partial charge in [-0.15, -0.1) is 0 Å². The first-order valence-corrected chi connectivity index (χ1v) is 3.02. The fourth-order valence-corrected chi connectivity index (χ4v) is 0.453. The Morgan fingerprint density at radius 1 is 1.62 bits per heavy atom. The van der Waals surface area contributed by atoms with Crippen LogP contribution in [0.15, 0.2) is 0 Å². The van der Waals surface area contributed by atoms with Gasteiger partial charge in [-0.3, -0.25) is 0 Å². The zero-order valence-electron chi connectivity index (χ0n) is 5.62. The van der Waals surface area contributed by atoms with Crippen molar-refractivity contribution in [1.29, 1.82) is 0 Å². The third-order valence-electron chi connectivity index (χ3n) is 0.854. The maximum absolute atomic E-state index is 3.18. The van der Waals surface area contributed by atoms with Gasteiger partial charge in [-0.05, 0) is 0 Å². The molecule has 0 aliphatic carbocycles. The van der Waals surface area contributed by atoms with Crippen LogP contribution >= 0.6 is 0 Å². The van der Waals surface area contributed by atoms with Gasteiger partial charge in [0.2, 0.25) is 0 Å². The van der Waals surface area contributed by atoms with E-state index in [0.29, 0.717) is 0 Å². The molecule has 0 saturated carbocycles. The molecule has 0 amide bonds. The van der Waals surface area contributed by atoms with Crippen LogP contribution in [0.2, 0.25) is 0 Å². The topological polar surface area (TPSA) is 12.0 Å². The summed E-state index contributed by atoms with van der Waals surface area (Å²) in [7, 11) is 0. The van der Waals surface area contributed by atoms with Gasteiger partial charge in [-0.25, -0.2) is 0 Å². The standard InChI is InChI=1S/C6H10N.Li/c1-3-5-6-7-4-2;/h7H,4-6H2,2H3;. The summed E-state index contributed by atoms with van der Waals surface area (Å²) in [4.78, 5) is 0. The predicted molar refractivity (Wildman–Crippen MR) is 36.7 cm³/mol. The van der Waals surface area contributed by atoms with Crippen molar-refractivity contribution in [3.05, 3.63) is 0 Å². The molecule has 0 aliphatic heterocycles. The third-order valence-corrected chi connectivity index (χ3v) is 0.854. The minimum absolute atomic E-state index is 0.977. The second-order valence-electron chi connectivity index (χ2n) is 1.53. The molecule has 0 unspecified atom stereocenters. The third kappa shape index (κ3) is 6.12. The second kappa shape index (κ2) is 7.12. The molecule has 0 rings (SSSR count). The van der Waals surface area contributed by atoms with Crippen LogP contribution in [0.5, 0.6) is 0 Å². The Bertz CT molecular complexity index is 90.4. The van der Waals surface area contributed by atoms with Crippen LogP contribution in [0.25, 0.3) is 0 Å². The molecule has 0 atom stereocenters. The van der Waals surface area contributed by atoms with Gasteiger partial charge in [0.15, 0.2) is 0 Å². The van der Waals surface area contributed by atoms with Crippen molar-refractivity contribution in [3.8, 4) is 10.5 Å². The minimum atomic E-state index is 0.977. The Morgan fingerprint density at radius 3 is 2.88 bits per heavy atom. The van der Waals surface area contributed by atoms with E-state index in [1.54, 1.807) is 0 Å². The first kappa shape index (κ1) is 8.12. The summed E-state index contributed by atoms with van der Waals surface area (Å²) < 4.78 is 2.84. The van der Waals surface area contributed by atoms with Gasteiger partial charge < -0.3 is 0 Å². The number of hydrogen-bond acceptors (Lipinski definition) is 1. The van der Waals surface area contributed by atoms with Crippen molar-refractivity contribution in [2.45, 2.75) is 13.3 Å². The van der Waals surface area contributed by atoms with Crippen LogP contribution in [0.1, 0.15) is 13.3 Å². The molecule has 0 aliphatic rings. The van der Waals surface area contributed by atoms with E-state index in [1.807, 2.05) is 17.7 Å². The van der Waals surface area contributed by atoms with Crippen molar-refractivity contribution < 1.29 is 0 Å². The van der Waals surface area contributed by atoms with Gasteiger partial charge in [-0.2, -0.15) is 0 Å². The summed E-state index contributed by atoms with van der Waals surface area (Å²) >= 11 is 1.87. The molecule has 2 heteroatoms. The Hall–Kier alpha value is 0.117. The van der Waals surface area contributed by atoms with Crippen LogP contribution in [0.4, 0.5) is 0 Å². The average molecular weight is 103 g/mol. The van der Waals surface area contributed by atoms with Gasteiger partial charge in [0.25, 0.3) is 0 Å². The molecule has 0 heterocycles. The van der Waals surface area contributed by atoms with E-state index in [-0.39, 0.29) is 0 Å². The molecule has 1 nitrogen and oxygen atoms in total. The van der Waals surface area contributed by atoms with Crippen LogP contribution in [-0.2, 0) is 0 Å². The summed E-state index contributed by atoms with van der Waals surface area (Å²) in [5.41, 5.74) is 0. The van der Waals surface area contributed by atoms with Crippen molar-refractivity contribution in [3.63, 3.8) is 0 Å². The zero-order valence-corrected chi connectivity index (χ0v) is 5.62. The first-order valence-electron chi connectivity index (χ1n) is 3.02. The molecule has 0 spiro atoms. The van der Waals surface area contributed by atoms with E-state index in [4.69, 9.17) is 0 Å². The average Bonchev–Trinajstić information content (AvgIpc) is 1.81. The van der Waals surface area contributed by atoms with Crippen LogP contribution in [0.3, 0.4) is 0 Å². The van der Waals surface area contributed by atoms with E-state index in [9.17, 15) is 0 Å². The quantitative estimate of drug-likeness (QED) is 0.304. The van der Waals surface area contributed by atoms with E-state index >= 15 is 0 Å². The van der Waals surface area contributed by atoms with Crippen molar-refractivity contribution in [2.24, 2.45) is 0 Å². The maximum atomic E-state index is 3.18. The molecule has 0 aromatic heterocycles. The van der Waals surface area contributed by atoms with Crippen LogP contribution in [-0.4, -0.2) is 30.8 Å². The Labute approximate surface area is 60.4 Å². The summed E-state index contributed by atoms with van der Waals surface area (Å²) in [5.74, 6) is 2.97. The van der Waals surface area contributed by atoms with Crippen LogP contribution in [0, 0.1) is 10.5 Å². The number of rotatable bonds is 3. The summed E-state index contributed by atoms with van der Waals surface area (Å²) in [6, 6.07) is 0. The van der Waals surface area contributed by atoms with E-state index in [1.165, 1.54) is 0 Å². The molecule has 0 saturated heterocycles. The fourth-order valence-electron chi connectivity index (χ4n) is 0.453. The van der Waals surface area contributed by atoms with Crippen molar-refractivity contribution in [2.75, 3.05) is 13.1 Å². The molecule has 1 N–H and O–H groups in total. The van der Waals surface area contributed by atoms with Crippen molar-refractivity contribution in [1.82, 2.24) is 5.32 Å². The number of hydrogen-bond donors (Lipinski definition) is 1. The van der Waals surface area contributed by atoms with E-state index in [2.05, 4.69) is 22.8 Å². The number of nitrogens with one attached hydrogen (secondary N) is 1. The predicted octanol–water partition coefficient (Wildman–Crippen LogP) is 0.115. The first-order chi connectivity index (χ1) is 3.91. The van der Waals surface area contributed by atoms with Crippen LogP contribution < -0.4 is 5.32 Å². The van der Waals surface area contributed by atoms with Gasteiger partial charge in [0, 0.05) is 0 Å². The van der Waals surface area contributed by atoms with Gasteiger partial charge in [0.1, 0.15) is 0 Å². The molecular formula is C6H10LiN. The van der Waals surface area contributed by atoms with E-state index in [0.717, 1.165) is 19.5 Å². The second-order valence-corrected chi connectivity index (χ2v) is 1.53. The fraction of sp³-hybridized carbons (Fsp3) is 0.667. The van der Waals surface area contributed by atoms with Gasteiger partial charge >= 0.3 is 60.0 Å². The normalized spacial score (nSPS) is 7.88. The summed E-state index contributed by atoms with van der Waals surface area (Å²) in [6.45, 7) is 4.17. The molecule has 0 radical (unpaired) electrons. The Morgan fingerprint density at radius 2 is 2.38 bits per heavy atom. The molecule has 0 aromatic rings. The monoisotopic (exact) mass is 103 g/mol. The summed E-state index contributed by atoms with van der Waals surface area (Å²) in [5, 5.41) is 3.18. The molecule has 40 valence electrons. The van der Waals surface area contributed by atoms with Gasteiger partial charge in [-0.1, -0.05) is 0 Å². The molecule has 8 heavy (non-hydrogen) atoms.